The number of esters is 2. The Morgan fingerprint density at radius 3 is 1.03 bits per heavy atom. The minimum absolute atomic E-state index is 0.0467. The fraction of sp³-hybridized carbons (Fsp3) is 0.959. The van der Waals surface area contributed by atoms with E-state index in [0.717, 1.165) is 24.8 Å². The summed E-state index contributed by atoms with van der Waals surface area (Å²) < 4.78 is 10.1. The molecule has 0 aliphatic rings. The molecule has 0 fully saturated rings. The van der Waals surface area contributed by atoms with Gasteiger partial charge in [0.15, 0.2) is 0 Å². The number of unbranched alkanes of at least 4 members (excludes halogenated alkanes) is 16. The van der Waals surface area contributed by atoms with Gasteiger partial charge in [-0.3, -0.25) is 0 Å². The first-order chi connectivity index (χ1) is 28.7. The van der Waals surface area contributed by atoms with Crippen molar-refractivity contribution in [3.8, 4) is 0 Å². The van der Waals surface area contributed by atoms with Crippen LogP contribution < -0.4 is 0 Å². The summed E-state index contributed by atoms with van der Waals surface area (Å²) in [7, 11) is 0. The number of aliphatic hydroxyl groups is 2. The number of rotatable bonds is 42. The number of carbonyl (C=O) groups excluding carboxylic acids is 2. The van der Waals surface area contributed by atoms with Crippen LogP contribution in [0, 0.1) is 11.8 Å². The van der Waals surface area contributed by atoms with Gasteiger partial charge in [-0.25, -0.2) is 0 Å². The summed E-state index contributed by atoms with van der Waals surface area (Å²) in [4.78, 5) is 27.5. The van der Waals surface area contributed by atoms with Crippen LogP contribution in [0.5, 0.6) is 0 Å². The van der Waals surface area contributed by atoms with Crippen molar-refractivity contribution < 1.29 is 29.3 Å². The van der Waals surface area contributed by atoms with Gasteiger partial charge in [-0.2, -0.15) is 0 Å². The van der Waals surface area contributed by atoms with Crippen molar-refractivity contribution in [3.63, 3.8) is 0 Å². The molecule has 0 saturated carbocycles. The fourth-order valence-electron chi connectivity index (χ4n) is 7.10. The maximum atomic E-state index is 11.7. The third-order valence-electron chi connectivity index (χ3n) is 10.9. The molecule has 0 amide bonds. The Bertz CT molecular complexity index is 767. The van der Waals surface area contributed by atoms with Crippen LogP contribution >= 0.6 is 0 Å². The van der Waals surface area contributed by atoms with Gasteiger partial charge in [0.05, 0.1) is 13.2 Å². The van der Waals surface area contributed by atoms with Crippen LogP contribution in [-0.2, 0) is 19.1 Å². The first-order valence-electron chi connectivity index (χ1n) is 24.8. The third kappa shape index (κ3) is 53.9. The van der Waals surface area contributed by atoms with Crippen molar-refractivity contribution >= 4 is 44.0 Å². The van der Waals surface area contributed by atoms with Gasteiger partial charge in [0, 0.05) is 0 Å². The Kier molecular flexibility index (Phi) is 57.7. The van der Waals surface area contributed by atoms with Gasteiger partial charge < -0.3 is 10.2 Å². The number of carbonyl (C=O) groups is 2. The number of ether oxygens (including phenoxy) is 2. The molecule has 0 aromatic heterocycles. The second kappa shape index (κ2) is 54.0. The summed E-state index contributed by atoms with van der Waals surface area (Å²) in [6, 6.07) is 0. The van der Waals surface area contributed by atoms with Crippen molar-refractivity contribution in [2.45, 2.75) is 226 Å². The van der Waals surface area contributed by atoms with Crippen molar-refractivity contribution in [1.29, 1.82) is 0 Å². The molecule has 2 atom stereocenters. The minimum atomic E-state index is -0.249. The van der Waals surface area contributed by atoms with Crippen molar-refractivity contribution in [3.05, 3.63) is 0 Å². The summed E-state index contributed by atoms with van der Waals surface area (Å²) in [5.74, 6) is 1.45. The van der Waals surface area contributed by atoms with E-state index < -0.39 is 0 Å². The predicted molar refractivity (Wildman–Crippen MR) is 256 cm³/mol. The molecule has 0 aliphatic heterocycles. The molecule has 0 spiro atoms. The molecule has 8 nitrogen and oxygen atoms in total. The molecule has 354 valence electrons. The van der Waals surface area contributed by atoms with Crippen molar-refractivity contribution in [1.82, 2.24) is 9.80 Å². The number of nitrogens with zero attached hydrogens (tertiary/aromatic N) is 2. The Morgan fingerprint density at radius 1 is 0.441 bits per heavy atom. The van der Waals surface area contributed by atoms with Crippen LogP contribution in [0.2, 0.25) is 10.6 Å². The van der Waals surface area contributed by atoms with Crippen molar-refractivity contribution in [2.75, 3.05) is 65.7 Å². The second-order valence-corrected chi connectivity index (χ2v) is 18.6. The fourth-order valence-corrected chi connectivity index (χ4v) is 7.45. The normalized spacial score (nSPS) is 12.1. The van der Waals surface area contributed by atoms with Gasteiger partial charge in [0.1, 0.15) is 0 Å². The van der Waals surface area contributed by atoms with Gasteiger partial charge in [0.25, 0.3) is 0 Å². The van der Waals surface area contributed by atoms with E-state index in [0.29, 0.717) is 56.6 Å². The zero-order valence-corrected chi connectivity index (χ0v) is 43.4. The number of hydrogen-bond acceptors (Lipinski definition) is 8. The van der Waals surface area contributed by atoms with Crippen LogP contribution in [0.4, 0.5) is 0 Å². The Hall–Kier alpha value is -0.181. The van der Waals surface area contributed by atoms with Crippen LogP contribution in [0.3, 0.4) is 0 Å². The first kappa shape index (κ1) is 63.1. The first-order valence-corrected chi connectivity index (χ1v) is 27.2. The number of hydrogen-bond donors (Lipinski definition) is 2. The quantitative estimate of drug-likeness (QED) is 0.0355. The summed E-state index contributed by atoms with van der Waals surface area (Å²) >= 11 is 5.58. The average molecular weight is 971 g/mol. The van der Waals surface area contributed by atoms with E-state index in [4.69, 9.17) is 19.7 Å². The van der Waals surface area contributed by atoms with Gasteiger partial charge in [0.2, 0.25) is 0 Å². The van der Waals surface area contributed by atoms with Gasteiger partial charge in [-0.1, -0.05) is 196 Å². The molecule has 59 heavy (non-hydrogen) atoms. The topological polar surface area (TPSA) is 99.5 Å². The molecule has 0 aromatic carbocycles. The zero-order valence-electron chi connectivity index (χ0n) is 40.0. The van der Waals surface area contributed by atoms with Crippen LogP contribution in [-0.4, -0.2) is 130 Å². The summed E-state index contributed by atoms with van der Waals surface area (Å²) in [5, 5.41) is 19.5. The number of aliphatic hydroxyl groups excluding tert-OH is 2. The van der Waals surface area contributed by atoms with Gasteiger partial charge in [-0.05, 0) is 11.8 Å². The standard InChI is InChI=1S/C17H32N2O6Se2.2C16H34/c20-10-8-19(9-11-21)5-1-4-18(6-2-16(22)24-12-14-26)7-3-17(23)25-13-15-27;2*1-4-6-8-10-11-13-15-16(3)14-12-9-7-5-2/h20-21H,1-15H2;2*16H,4-15H2,1-3H3. The van der Waals surface area contributed by atoms with Crippen LogP contribution in [0.1, 0.15) is 215 Å². The average Bonchev–Trinajstić information content (AvgIpc) is 3.23. The van der Waals surface area contributed by atoms with E-state index in [1.54, 1.807) is 0 Å². The molecular weight excluding hydrogens is 870 g/mol. The SMILES string of the molecule is CCCCCCCCC(C)CCCCCC.CCCCCCCCC(C)CCCCCC.O=C(CCN(CCCN(CCO)CCO)CCC(=O)OCC[Se])OCC[Se]. The van der Waals surface area contributed by atoms with Crippen LogP contribution in [0.15, 0.2) is 0 Å². The summed E-state index contributed by atoms with van der Waals surface area (Å²) in [6.45, 7) is 18.4. The van der Waals surface area contributed by atoms with E-state index in [1.165, 1.54) is 154 Å². The maximum absolute atomic E-state index is 11.7. The summed E-state index contributed by atoms with van der Waals surface area (Å²) in [5.41, 5.74) is 0. The second-order valence-electron chi connectivity index (χ2n) is 16.9. The van der Waals surface area contributed by atoms with E-state index in [2.05, 4.69) is 78.5 Å². The van der Waals surface area contributed by atoms with Crippen molar-refractivity contribution in [2.24, 2.45) is 11.8 Å². The molecule has 0 aromatic rings. The molecule has 2 N–H and O–H groups in total. The molecule has 10 heteroatoms. The van der Waals surface area contributed by atoms with Gasteiger partial charge in [-0.15, -0.1) is 0 Å². The van der Waals surface area contributed by atoms with E-state index in [9.17, 15) is 9.59 Å². The predicted octanol–water partition coefficient (Wildman–Crippen LogP) is 11.7. The Labute approximate surface area is 384 Å². The van der Waals surface area contributed by atoms with E-state index >= 15 is 0 Å². The molecule has 2 unspecified atom stereocenters. The Balaban J connectivity index is -0.000000846. The molecule has 2 radical (unpaired) electrons. The molecule has 0 heterocycles. The molecule has 0 saturated heterocycles. The van der Waals surface area contributed by atoms with Gasteiger partial charge >= 0.3 is 155 Å². The molecule has 0 bridgehead atoms. The monoisotopic (exact) mass is 973 g/mol. The molecule has 0 rings (SSSR count). The molecule has 0 aliphatic carbocycles. The van der Waals surface area contributed by atoms with E-state index in [-0.39, 0.29) is 38.0 Å². The molecular formula is C49H100N2O6Se2. The zero-order chi connectivity index (χ0) is 44.5. The third-order valence-corrected chi connectivity index (χ3v) is 11.6. The Morgan fingerprint density at radius 2 is 0.729 bits per heavy atom. The van der Waals surface area contributed by atoms with Crippen LogP contribution in [0.25, 0.3) is 0 Å². The van der Waals surface area contributed by atoms with E-state index in [1.807, 2.05) is 4.90 Å². The summed E-state index contributed by atoms with van der Waals surface area (Å²) in [6.07, 6.45) is 36.0.